The van der Waals surface area contributed by atoms with E-state index in [9.17, 15) is 13.2 Å². The van der Waals surface area contributed by atoms with Crippen molar-refractivity contribution in [1.29, 1.82) is 0 Å². The molecule has 28 heavy (non-hydrogen) atoms. The molecule has 1 amide bonds. The van der Waals surface area contributed by atoms with Crippen LogP contribution in [0.2, 0.25) is 0 Å². The highest BCUT2D eigenvalue weighted by Gasteiger charge is 2.29. The fourth-order valence-electron chi connectivity index (χ4n) is 3.89. The molecule has 2 aromatic carbocycles. The van der Waals surface area contributed by atoms with Crippen molar-refractivity contribution >= 4 is 21.6 Å². The average molecular weight is 400 g/mol. The van der Waals surface area contributed by atoms with Crippen LogP contribution in [0.4, 0.5) is 5.69 Å². The lowest BCUT2D eigenvalue weighted by molar-refractivity contribution is 0.0933. The molecule has 0 saturated heterocycles. The lowest BCUT2D eigenvalue weighted by Crippen LogP contribution is -2.38. The van der Waals surface area contributed by atoms with E-state index in [-0.39, 0.29) is 16.8 Å². The van der Waals surface area contributed by atoms with Crippen molar-refractivity contribution < 1.29 is 13.2 Å². The van der Waals surface area contributed by atoms with Crippen LogP contribution in [0.15, 0.2) is 53.4 Å². The van der Waals surface area contributed by atoms with Gasteiger partial charge in [-0.05, 0) is 42.7 Å². The minimum Gasteiger partial charge on any atom is -0.364 e. The number of rotatable bonds is 3. The summed E-state index contributed by atoms with van der Waals surface area (Å²) in [5, 5.41) is 6.33. The van der Waals surface area contributed by atoms with Crippen LogP contribution in [0.3, 0.4) is 0 Å². The van der Waals surface area contributed by atoms with Crippen LogP contribution in [-0.4, -0.2) is 20.4 Å². The second kappa shape index (κ2) is 7.93. The fourth-order valence-corrected chi connectivity index (χ4v) is 5.20. The number of carbonyl (C=O) groups is 1. The predicted octanol–water partition coefficient (Wildman–Crippen LogP) is 3.54. The van der Waals surface area contributed by atoms with E-state index >= 15 is 0 Å². The predicted molar refractivity (Wildman–Crippen MR) is 109 cm³/mol. The van der Waals surface area contributed by atoms with Crippen molar-refractivity contribution in [3.05, 3.63) is 59.7 Å². The topological polar surface area (TPSA) is 87.3 Å². The highest BCUT2D eigenvalue weighted by molar-refractivity contribution is 7.89. The zero-order valence-electron chi connectivity index (χ0n) is 15.6. The van der Waals surface area contributed by atoms with Gasteiger partial charge in [0.15, 0.2) is 0 Å². The highest BCUT2D eigenvalue weighted by atomic mass is 32.2. The van der Waals surface area contributed by atoms with Gasteiger partial charge >= 0.3 is 0 Å². The maximum absolute atomic E-state index is 12.5. The molecule has 1 fully saturated rings. The van der Waals surface area contributed by atoms with Gasteiger partial charge in [0.25, 0.3) is 5.91 Å². The molecule has 2 aromatic rings. The molecule has 0 bridgehead atoms. The lowest BCUT2D eigenvalue weighted by atomic mass is 10.1. The van der Waals surface area contributed by atoms with Gasteiger partial charge in [-0.15, -0.1) is 0 Å². The molecule has 1 heterocycles. The summed E-state index contributed by atoms with van der Waals surface area (Å²) in [6.45, 7) is 0. The number of hydrogen-bond acceptors (Lipinski definition) is 4. The Kier molecular flexibility index (Phi) is 5.37. The molecule has 0 radical (unpaired) electrons. The molecule has 1 atom stereocenters. The van der Waals surface area contributed by atoms with E-state index in [2.05, 4.69) is 15.4 Å². The van der Waals surface area contributed by atoms with Gasteiger partial charge in [0.2, 0.25) is 10.0 Å². The summed E-state index contributed by atoms with van der Waals surface area (Å²) in [4.78, 5) is 12.8. The van der Waals surface area contributed by atoms with Gasteiger partial charge in [0, 0.05) is 11.6 Å². The molecule has 148 valence electrons. The molecule has 1 aliphatic heterocycles. The van der Waals surface area contributed by atoms with Crippen LogP contribution in [0.1, 0.15) is 60.6 Å². The van der Waals surface area contributed by atoms with E-state index in [1.54, 1.807) is 48.5 Å². The molecule has 1 unspecified atom stereocenters. The SMILES string of the molecule is O=C(NC1CCCCCC1)c1ccc(C2Nc3ccccc3S(=O)(=O)N2)cc1. The Labute approximate surface area is 165 Å². The van der Waals surface area contributed by atoms with Crippen LogP contribution in [0.5, 0.6) is 0 Å². The fraction of sp³-hybridized carbons (Fsp3) is 0.381. The van der Waals surface area contributed by atoms with Crippen molar-refractivity contribution in [2.75, 3.05) is 5.32 Å². The van der Waals surface area contributed by atoms with Gasteiger partial charge in [-0.2, -0.15) is 4.72 Å². The van der Waals surface area contributed by atoms with Crippen LogP contribution < -0.4 is 15.4 Å². The summed E-state index contributed by atoms with van der Waals surface area (Å²) in [6, 6.07) is 14.1. The van der Waals surface area contributed by atoms with E-state index in [0.717, 1.165) is 18.4 Å². The monoisotopic (exact) mass is 399 g/mol. The Hall–Kier alpha value is -2.38. The first kappa shape index (κ1) is 19.0. The maximum Gasteiger partial charge on any atom is 0.251 e. The molecular formula is C21H25N3O3S. The Morgan fingerprint density at radius 1 is 0.929 bits per heavy atom. The third kappa shape index (κ3) is 4.05. The minimum absolute atomic E-state index is 0.0685. The number of amides is 1. The van der Waals surface area contributed by atoms with Crippen LogP contribution >= 0.6 is 0 Å². The summed E-state index contributed by atoms with van der Waals surface area (Å²) in [5.74, 6) is -0.0685. The van der Waals surface area contributed by atoms with E-state index in [1.807, 2.05) is 0 Å². The molecule has 0 aromatic heterocycles. The van der Waals surface area contributed by atoms with Crippen molar-refractivity contribution in [3.8, 4) is 0 Å². The normalized spacial score (nSPS) is 21.8. The number of hydrogen-bond donors (Lipinski definition) is 3. The number of nitrogens with one attached hydrogen (secondary N) is 3. The van der Waals surface area contributed by atoms with Gasteiger partial charge in [0.1, 0.15) is 11.1 Å². The summed E-state index contributed by atoms with van der Waals surface area (Å²) in [5.41, 5.74) is 1.91. The maximum atomic E-state index is 12.5. The zero-order valence-corrected chi connectivity index (χ0v) is 16.5. The van der Waals surface area contributed by atoms with Crippen molar-refractivity contribution in [2.24, 2.45) is 0 Å². The van der Waals surface area contributed by atoms with E-state index in [0.29, 0.717) is 11.3 Å². The molecule has 6 nitrogen and oxygen atoms in total. The second-order valence-corrected chi connectivity index (χ2v) is 9.16. The van der Waals surface area contributed by atoms with E-state index in [1.165, 1.54) is 25.7 Å². The molecule has 3 N–H and O–H groups in total. The van der Waals surface area contributed by atoms with Gasteiger partial charge in [-0.3, -0.25) is 4.79 Å². The van der Waals surface area contributed by atoms with E-state index < -0.39 is 16.2 Å². The van der Waals surface area contributed by atoms with Crippen LogP contribution in [0.25, 0.3) is 0 Å². The molecule has 0 spiro atoms. The van der Waals surface area contributed by atoms with Crippen LogP contribution in [0, 0.1) is 0 Å². The molecular weight excluding hydrogens is 374 g/mol. The Morgan fingerprint density at radius 3 is 2.32 bits per heavy atom. The molecule has 4 rings (SSSR count). The summed E-state index contributed by atoms with van der Waals surface area (Å²) < 4.78 is 27.6. The molecule has 2 aliphatic rings. The second-order valence-electron chi connectivity index (χ2n) is 7.48. The first-order valence-corrected chi connectivity index (χ1v) is 11.3. The van der Waals surface area contributed by atoms with Crippen molar-refractivity contribution in [2.45, 2.75) is 55.6 Å². The third-order valence-electron chi connectivity index (χ3n) is 5.45. The quantitative estimate of drug-likeness (QED) is 0.689. The Balaban J connectivity index is 1.47. The average Bonchev–Trinajstić information content (AvgIpc) is 2.96. The summed E-state index contributed by atoms with van der Waals surface area (Å²) >= 11 is 0. The number of fused-ring (bicyclic) bond motifs is 1. The van der Waals surface area contributed by atoms with Gasteiger partial charge in [-0.25, -0.2) is 8.42 Å². The van der Waals surface area contributed by atoms with Gasteiger partial charge in [0.05, 0.1) is 5.69 Å². The van der Waals surface area contributed by atoms with Crippen LogP contribution in [-0.2, 0) is 10.0 Å². The lowest BCUT2D eigenvalue weighted by Gasteiger charge is -2.28. The summed E-state index contributed by atoms with van der Waals surface area (Å²) in [6.07, 6.45) is 6.33. The van der Waals surface area contributed by atoms with E-state index in [4.69, 9.17) is 0 Å². The first-order chi connectivity index (χ1) is 13.5. The number of carbonyl (C=O) groups excluding carboxylic acids is 1. The number of sulfonamides is 1. The zero-order chi connectivity index (χ0) is 19.6. The summed E-state index contributed by atoms with van der Waals surface area (Å²) in [7, 11) is -3.58. The van der Waals surface area contributed by atoms with Crippen molar-refractivity contribution in [1.82, 2.24) is 10.0 Å². The minimum atomic E-state index is -3.58. The van der Waals surface area contributed by atoms with Gasteiger partial charge < -0.3 is 10.6 Å². The number of benzene rings is 2. The van der Waals surface area contributed by atoms with Crippen molar-refractivity contribution in [3.63, 3.8) is 0 Å². The molecule has 7 heteroatoms. The molecule has 1 saturated carbocycles. The number of para-hydroxylation sites is 1. The standard InChI is InChI=1S/C21H25N3O3S/c25-21(22-17-7-3-1-2-4-8-17)16-13-11-15(12-14-16)20-23-18-9-5-6-10-19(18)28(26,27)24-20/h5-6,9-14,17,20,23-24H,1-4,7-8H2,(H,22,25). The smallest absolute Gasteiger partial charge is 0.251 e. The Bertz CT molecular complexity index is 949. The van der Waals surface area contributed by atoms with Gasteiger partial charge in [-0.1, -0.05) is 49.9 Å². The first-order valence-electron chi connectivity index (χ1n) is 9.82. The highest BCUT2D eigenvalue weighted by Crippen LogP contribution is 2.30. The largest absolute Gasteiger partial charge is 0.364 e. The molecule has 1 aliphatic carbocycles. The number of anilines is 1. The third-order valence-corrected chi connectivity index (χ3v) is 6.93. The Morgan fingerprint density at radius 2 is 1.61 bits per heavy atom.